The Morgan fingerprint density at radius 2 is 2.04 bits per heavy atom. The number of hydrogen-bond donors (Lipinski definition) is 2. The molecule has 4 aromatic rings. The van der Waals surface area contributed by atoms with Gasteiger partial charge in [0.2, 0.25) is 0 Å². The monoisotopic (exact) mass is 360 g/mol. The van der Waals surface area contributed by atoms with Gasteiger partial charge in [-0.3, -0.25) is 9.38 Å². The van der Waals surface area contributed by atoms with E-state index in [2.05, 4.69) is 15.3 Å². The Morgan fingerprint density at radius 3 is 2.85 bits per heavy atom. The summed E-state index contributed by atoms with van der Waals surface area (Å²) in [4.78, 5) is 20.8. The highest BCUT2D eigenvalue weighted by molar-refractivity contribution is 5.97. The zero-order valence-electron chi connectivity index (χ0n) is 14.5. The number of fused-ring (bicyclic) bond motifs is 1. The van der Waals surface area contributed by atoms with Gasteiger partial charge in [-0.2, -0.15) is 0 Å². The van der Waals surface area contributed by atoms with Crippen LogP contribution in [-0.4, -0.2) is 32.6 Å². The molecule has 2 N–H and O–H groups in total. The zero-order valence-corrected chi connectivity index (χ0v) is 14.5. The van der Waals surface area contributed by atoms with Crippen molar-refractivity contribution in [3.8, 4) is 17.0 Å². The zero-order chi connectivity index (χ0) is 18.8. The highest BCUT2D eigenvalue weighted by Crippen LogP contribution is 2.33. The molecule has 0 aliphatic rings. The molecule has 0 bridgehead atoms. The number of carbonyl (C=O) groups excluding carboxylic acids is 1. The van der Waals surface area contributed by atoms with Crippen LogP contribution in [0.3, 0.4) is 0 Å². The fourth-order valence-corrected chi connectivity index (χ4v) is 2.89. The molecule has 0 fully saturated rings. The Bertz CT molecular complexity index is 1140. The minimum Gasteiger partial charge on any atom is -0.508 e. The molecule has 2 heterocycles. The fraction of sp³-hybridized carbons (Fsp3) is 0.0500. The molecule has 0 unspecified atom stereocenters. The van der Waals surface area contributed by atoms with Gasteiger partial charge in [-0.05, 0) is 24.3 Å². The highest BCUT2D eigenvalue weighted by Gasteiger charge is 2.18. The van der Waals surface area contributed by atoms with Gasteiger partial charge in [-0.15, -0.1) is 0 Å². The summed E-state index contributed by atoms with van der Waals surface area (Å²) in [6.07, 6.45) is 5.07. The van der Waals surface area contributed by atoms with E-state index in [9.17, 15) is 9.90 Å². The molecule has 0 aliphatic heterocycles. The van der Waals surface area contributed by atoms with Gasteiger partial charge in [0.15, 0.2) is 5.65 Å². The molecular weight excluding hydrogens is 344 g/mol. The molecule has 2 aromatic heterocycles. The van der Waals surface area contributed by atoms with E-state index in [4.69, 9.17) is 4.74 Å². The van der Waals surface area contributed by atoms with Crippen molar-refractivity contribution in [3.63, 3.8) is 0 Å². The maximum Gasteiger partial charge on any atom is 0.339 e. The second-order valence-corrected chi connectivity index (χ2v) is 5.83. The van der Waals surface area contributed by atoms with Crippen molar-refractivity contribution in [2.45, 2.75) is 0 Å². The molecule has 4 rings (SSSR count). The van der Waals surface area contributed by atoms with Crippen LogP contribution >= 0.6 is 0 Å². The van der Waals surface area contributed by atoms with E-state index in [1.165, 1.54) is 7.11 Å². The lowest BCUT2D eigenvalue weighted by Gasteiger charge is -2.12. The molecule has 0 spiro atoms. The summed E-state index contributed by atoms with van der Waals surface area (Å²) in [7, 11) is 1.34. The molecule has 0 saturated carbocycles. The number of esters is 1. The topological polar surface area (TPSA) is 88.8 Å². The minimum absolute atomic E-state index is 0.142. The van der Waals surface area contributed by atoms with Gasteiger partial charge < -0.3 is 15.2 Å². The van der Waals surface area contributed by atoms with Crippen molar-refractivity contribution < 1.29 is 14.6 Å². The maximum absolute atomic E-state index is 12.1. The molecule has 27 heavy (non-hydrogen) atoms. The third kappa shape index (κ3) is 3.06. The molecular formula is C20H16N4O3. The summed E-state index contributed by atoms with van der Waals surface area (Å²) in [5.74, 6) is 0.352. The number of para-hydroxylation sites is 1. The van der Waals surface area contributed by atoms with E-state index in [1.807, 2.05) is 16.5 Å². The Labute approximate surface area is 154 Å². The highest BCUT2D eigenvalue weighted by atomic mass is 16.5. The fourth-order valence-electron chi connectivity index (χ4n) is 2.89. The number of anilines is 2. The second kappa shape index (κ2) is 6.80. The average Bonchev–Trinajstić information content (AvgIpc) is 3.06. The lowest BCUT2D eigenvalue weighted by molar-refractivity contribution is 0.0602. The first-order valence-corrected chi connectivity index (χ1v) is 8.23. The van der Waals surface area contributed by atoms with Gasteiger partial charge in [0.05, 0.1) is 24.6 Å². The first-order chi connectivity index (χ1) is 13.2. The molecule has 2 aromatic carbocycles. The van der Waals surface area contributed by atoms with Crippen LogP contribution in [0, 0.1) is 0 Å². The molecule has 0 saturated heterocycles. The van der Waals surface area contributed by atoms with E-state index in [0.717, 1.165) is 5.56 Å². The van der Waals surface area contributed by atoms with Crippen LogP contribution in [0.15, 0.2) is 67.1 Å². The van der Waals surface area contributed by atoms with Crippen LogP contribution in [0.1, 0.15) is 10.4 Å². The number of ether oxygens (including phenoxy) is 1. The van der Waals surface area contributed by atoms with Gasteiger partial charge in [-0.1, -0.05) is 24.3 Å². The number of benzene rings is 2. The summed E-state index contributed by atoms with van der Waals surface area (Å²) in [5, 5.41) is 13.1. The number of carbonyl (C=O) groups is 1. The number of methoxy groups -OCH3 is 1. The summed E-state index contributed by atoms with van der Waals surface area (Å²) >= 11 is 0. The van der Waals surface area contributed by atoms with Crippen molar-refractivity contribution in [3.05, 3.63) is 72.7 Å². The van der Waals surface area contributed by atoms with Gasteiger partial charge in [0.1, 0.15) is 17.3 Å². The summed E-state index contributed by atoms with van der Waals surface area (Å²) in [6, 6.07) is 13.9. The lowest BCUT2D eigenvalue weighted by Crippen LogP contribution is -2.06. The predicted molar refractivity (Wildman–Crippen MR) is 101 cm³/mol. The van der Waals surface area contributed by atoms with E-state index in [1.54, 1.807) is 55.0 Å². The molecule has 0 radical (unpaired) electrons. The van der Waals surface area contributed by atoms with Crippen molar-refractivity contribution in [1.29, 1.82) is 0 Å². The SMILES string of the molecule is COC(=O)c1ccccc1Nc1c(-c2cccc(O)c2)nc2cnccn12. The first kappa shape index (κ1) is 16.6. The van der Waals surface area contributed by atoms with Gasteiger partial charge in [0.25, 0.3) is 0 Å². The van der Waals surface area contributed by atoms with E-state index < -0.39 is 5.97 Å². The van der Waals surface area contributed by atoms with Crippen LogP contribution in [0.25, 0.3) is 16.9 Å². The number of phenols is 1. The average molecular weight is 360 g/mol. The van der Waals surface area contributed by atoms with E-state index in [-0.39, 0.29) is 5.75 Å². The maximum atomic E-state index is 12.1. The number of nitrogens with one attached hydrogen (secondary N) is 1. The van der Waals surface area contributed by atoms with Gasteiger partial charge in [-0.25, -0.2) is 9.78 Å². The van der Waals surface area contributed by atoms with Crippen molar-refractivity contribution in [2.75, 3.05) is 12.4 Å². The third-order valence-electron chi connectivity index (χ3n) is 4.14. The normalized spacial score (nSPS) is 10.7. The molecule has 7 heteroatoms. The Morgan fingerprint density at radius 1 is 1.19 bits per heavy atom. The van der Waals surface area contributed by atoms with Crippen LogP contribution in [0.4, 0.5) is 11.5 Å². The molecule has 134 valence electrons. The van der Waals surface area contributed by atoms with Crippen molar-refractivity contribution >= 4 is 23.1 Å². The van der Waals surface area contributed by atoms with Crippen molar-refractivity contribution in [2.24, 2.45) is 0 Å². The third-order valence-corrected chi connectivity index (χ3v) is 4.14. The molecule has 0 aliphatic carbocycles. The predicted octanol–water partition coefficient (Wildman–Crippen LogP) is 3.63. The molecule has 0 atom stereocenters. The van der Waals surface area contributed by atoms with Crippen molar-refractivity contribution in [1.82, 2.24) is 14.4 Å². The van der Waals surface area contributed by atoms with Gasteiger partial charge in [0, 0.05) is 18.0 Å². The Kier molecular flexibility index (Phi) is 4.18. The summed E-state index contributed by atoms with van der Waals surface area (Å²) in [6.45, 7) is 0. The lowest BCUT2D eigenvalue weighted by atomic mass is 10.1. The minimum atomic E-state index is -0.438. The van der Waals surface area contributed by atoms with E-state index in [0.29, 0.717) is 28.4 Å². The van der Waals surface area contributed by atoms with Crippen LogP contribution in [0.5, 0.6) is 5.75 Å². The second-order valence-electron chi connectivity index (χ2n) is 5.83. The number of nitrogens with zero attached hydrogens (tertiary/aromatic N) is 3. The number of imidazole rings is 1. The number of phenolic OH excluding ortho intramolecular Hbond substituents is 1. The molecule has 7 nitrogen and oxygen atoms in total. The standard InChI is InChI=1S/C20H16N4O3/c1-27-20(26)15-7-2-3-8-16(15)22-19-18(13-5-4-6-14(25)11-13)23-17-12-21-9-10-24(17)19/h2-12,22,25H,1H3. The Hall–Kier alpha value is -3.87. The van der Waals surface area contributed by atoms with Crippen LogP contribution < -0.4 is 5.32 Å². The number of aromatic hydroxyl groups is 1. The summed E-state index contributed by atoms with van der Waals surface area (Å²) < 4.78 is 6.70. The quantitative estimate of drug-likeness (QED) is 0.540. The Balaban J connectivity index is 1.89. The van der Waals surface area contributed by atoms with Crippen LogP contribution in [-0.2, 0) is 4.74 Å². The largest absolute Gasteiger partial charge is 0.508 e. The van der Waals surface area contributed by atoms with E-state index >= 15 is 0 Å². The van der Waals surface area contributed by atoms with Crippen LogP contribution in [0.2, 0.25) is 0 Å². The first-order valence-electron chi connectivity index (χ1n) is 8.23. The number of hydrogen-bond acceptors (Lipinski definition) is 6. The molecule has 0 amide bonds. The number of rotatable bonds is 4. The van der Waals surface area contributed by atoms with Gasteiger partial charge >= 0.3 is 5.97 Å². The summed E-state index contributed by atoms with van der Waals surface area (Å²) in [5.41, 5.74) is 2.99. The number of aromatic nitrogens is 3. The smallest absolute Gasteiger partial charge is 0.339 e.